The van der Waals surface area contributed by atoms with Crippen LogP contribution in [0.15, 0.2) is 21.6 Å². The summed E-state index contributed by atoms with van der Waals surface area (Å²) in [5.41, 5.74) is 2.09. The van der Waals surface area contributed by atoms with Gasteiger partial charge in [-0.2, -0.15) is 0 Å². The number of hydrogen-bond acceptors (Lipinski definition) is 3. The summed E-state index contributed by atoms with van der Waals surface area (Å²) in [6, 6.07) is 3.30. The molecule has 1 unspecified atom stereocenters. The highest BCUT2D eigenvalue weighted by Crippen LogP contribution is 2.33. The molecule has 2 rings (SSSR count). The van der Waals surface area contributed by atoms with Gasteiger partial charge >= 0.3 is 0 Å². The molecule has 0 aliphatic carbocycles. The Hall–Kier alpha value is -0.550. The second-order valence-electron chi connectivity index (χ2n) is 6.36. The van der Waals surface area contributed by atoms with Crippen molar-refractivity contribution in [2.45, 2.75) is 39.4 Å². The number of benzene rings is 1. The molecule has 2 nitrogen and oxygen atoms in total. The van der Waals surface area contributed by atoms with Crippen LogP contribution in [-0.2, 0) is 0 Å². The maximum Gasteiger partial charge on any atom is 0.161 e. The maximum absolute atomic E-state index is 13.6. The third-order valence-corrected chi connectivity index (χ3v) is 4.78. The SMILES string of the molecule is Cc1cc(Br)c(F)cc1NC1=NCC(CC(C)(C)C)S1. The summed E-state index contributed by atoms with van der Waals surface area (Å²) in [6.07, 6.45) is 1.13. The van der Waals surface area contributed by atoms with Crippen LogP contribution in [0.1, 0.15) is 32.8 Å². The number of halogens is 2. The highest BCUT2D eigenvalue weighted by atomic mass is 79.9. The van der Waals surface area contributed by atoms with Gasteiger partial charge in [-0.1, -0.05) is 32.5 Å². The molecule has 0 saturated heterocycles. The van der Waals surface area contributed by atoms with Crippen LogP contribution in [0.4, 0.5) is 10.1 Å². The largest absolute Gasteiger partial charge is 0.335 e. The minimum atomic E-state index is -0.257. The Kier molecular flexibility index (Phi) is 4.80. The molecular formula is C15H20BrFN2S. The van der Waals surface area contributed by atoms with Gasteiger partial charge in [-0.05, 0) is 52.4 Å². The van der Waals surface area contributed by atoms with Crippen molar-refractivity contribution in [3.8, 4) is 0 Å². The van der Waals surface area contributed by atoms with Crippen LogP contribution in [0.2, 0.25) is 0 Å². The van der Waals surface area contributed by atoms with Gasteiger partial charge in [0, 0.05) is 10.9 Å². The molecule has 1 N–H and O–H groups in total. The standard InChI is InChI=1S/C15H20BrFN2S/c1-9-5-11(16)12(17)6-13(9)19-14-18-8-10(20-14)7-15(2,3)4/h5-6,10H,7-8H2,1-4H3,(H,18,19). The highest BCUT2D eigenvalue weighted by molar-refractivity contribution is 9.10. The molecule has 0 spiro atoms. The van der Waals surface area contributed by atoms with E-state index >= 15 is 0 Å². The quantitative estimate of drug-likeness (QED) is 0.783. The fourth-order valence-corrected chi connectivity index (χ4v) is 4.00. The van der Waals surface area contributed by atoms with Crippen LogP contribution in [0.3, 0.4) is 0 Å². The van der Waals surface area contributed by atoms with Gasteiger partial charge in [0.15, 0.2) is 5.17 Å². The summed E-state index contributed by atoms with van der Waals surface area (Å²) < 4.78 is 14.1. The van der Waals surface area contributed by atoms with E-state index in [2.05, 4.69) is 47.0 Å². The van der Waals surface area contributed by atoms with Crippen molar-refractivity contribution in [3.63, 3.8) is 0 Å². The van der Waals surface area contributed by atoms with E-state index in [4.69, 9.17) is 0 Å². The van der Waals surface area contributed by atoms with Gasteiger partial charge in [-0.3, -0.25) is 4.99 Å². The van der Waals surface area contributed by atoms with Gasteiger partial charge in [-0.15, -0.1) is 0 Å². The average molecular weight is 359 g/mol. The van der Waals surface area contributed by atoms with Crippen LogP contribution in [-0.4, -0.2) is 17.0 Å². The van der Waals surface area contributed by atoms with Gasteiger partial charge in [0.25, 0.3) is 0 Å². The van der Waals surface area contributed by atoms with Crippen LogP contribution in [0, 0.1) is 18.2 Å². The summed E-state index contributed by atoms with van der Waals surface area (Å²) in [6.45, 7) is 9.52. The van der Waals surface area contributed by atoms with E-state index in [1.165, 1.54) is 6.07 Å². The van der Waals surface area contributed by atoms with E-state index in [0.29, 0.717) is 15.1 Å². The van der Waals surface area contributed by atoms with Crippen molar-refractivity contribution < 1.29 is 4.39 Å². The Labute approximate surface area is 132 Å². The summed E-state index contributed by atoms with van der Waals surface area (Å²) in [4.78, 5) is 4.52. The second-order valence-corrected chi connectivity index (χ2v) is 8.50. The highest BCUT2D eigenvalue weighted by Gasteiger charge is 2.25. The third kappa shape index (κ3) is 4.22. The molecule has 1 aromatic carbocycles. The Morgan fingerprint density at radius 2 is 2.15 bits per heavy atom. The number of amidine groups is 1. The lowest BCUT2D eigenvalue weighted by molar-refractivity contribution is 0.375. The minimum absolute atomic E-state index is 0.257. The van der Waals surface area contributed by atoms with Crippen molar-refractivity contribution in [2.75, 3.05) is 11.9 Å². The van der Waals surface area contributed by atoms with E-state index in [1.54, 1.807) is 17.8 Å². The number of nitrogens with zero attached hydrogens (tertiary/aromatic N) is 1. The van der Waals surface area contributed by atoms with E-state index in [-0.39, 0.29) is 5.82 Å². The Bertz CT molecular complexity index is 537. The number of rotatable bonds is 2. The van der Waals surface area contributed by atoms with Crippen LogP contribution in [0.5, 0.6) is 0 Å². The predicted octanol–water partition coefficient (Wildman–Crippen LogP) is 5.22. The number of anilines is 1. The second kappa shape index (κ2) is 6.06. The zero-order valence-electron chi connectivity index (χ0n) is 12.3. The smallest absolute Gasteiger partial charge is 0.161 e. The molecule has 0 aromatic heterocycles. The van der Waals surface area contributed by atoms with Crippen LogP contribution in [0.25, 0.3) is 0 Å². The monoisotopic (exact) mass is 358 g/mol. The molecule has 1 aromatic rings. The number of aliphatic imine (C=N–C) groups is 1. The van der Waals surface area contributed by atoms with Gasteiger partial charge < -0.3 is 5.32 Å². The average Bonchev–Trinajstić information content (AvgIpc) is 2.71. The van der Waals surface area contributed by atoms with Crippen LogP contribution < -0.4 is 5.32 Å². The number of aryl methyl sites for hydroxylation is 1. The topological polar surface area (TPSA) is 24.4 Å². The van der Waals surface area contributed by atoms with Crippen LogP contribution >= 0.6 is 27.7 Å². The molecule has 110 valence electrons. The molecule has 1 atom stereocenters. The van der Waals surface area contributed by atoms with Gasteiger partial charge in [0.05, 0.1) is 11.0 Å². The fourth-order valence-electron chi connectivity index (χ4n) is 2.17. The Balaban J connectivity index is 2.01. The third-order valence-electron chi connectivity index (χ3n) is 3.07. The van der Waals surface area contributed by atoms with Gasteiger partial charge in [-0.25, -0.2) is 4.39 Å². The molecule has 1 aliphatic rings. The zero-order chi connectivity index (χ0) is 14.9. The van der Waals surface area contributed by atoms with Gasteiger partial charge in [0.1, 0.15) is 5.82 Å². The molecule has 0 fully saturated rings. The lowest BCUT2D eigenvalue weighted by Crippen LogP contribution is -2.16. The first-order valence-corrected chi connectivity index (χ1v) is 8.36. The summed E-state index contributed by atoms with van der Waals surface area (Å²) in [7, 11) is 0. The lowest BCUT2D eigenvalue weighted by atomic mass is 9.90. The molecule has 0 amide bonds. The molecular weight excluding hydrogens is 339 g/mol. The molecule has 5 heteroatoms. The van der Waals surface area contributed by atoms with E-state index in [9.17, 15) is 4.39 Å². The molecule has 1 aliphatic heterocycles. The lowest BCUT2D eigenvalue weighted by Gasteiger charge is -2.21. The van der Waals surface area contributed by atoms with E-state index < -0.39 is 0 Å². The van der Waals surface area contributed by atoms with E-state index in [0.717, 1.165) is 29.4 Å². The summed E-state index contributed by atoms with van der Waals surface area (Å²) in [5, 5.41) is 4.65. The van der Waals surface area contributed by atoms with E-state index in [1.807, 2.05) is 6.92 Å². The van der Waals surface area contributed by atoms with Crippen molar-refractivity contribution in [2.24, 2.45) is 10.4 Å². The number of hydrogen-bond donors (Lipinski definition) is 1. The fraction of sp³-hybridized carbons (Fsp3) is 0.533. The first-order valence-electron chi connectivity index (χ1n) is 6.68. The molecule has 0 bridgehead atoms. The number of thioether (sulfide) groups is 1. The van der Waals surface area contributed by atoms with Crippen molar-refractivity contribution >= 4 is 38.5 Å². The molecule has 20 heavy (non-hydrogen) atoms. The summed E-state index contributed by atoms with van der Waals surface area (Å²) in [5.74, 6) is -0.257. The predicted molar refractivity (Wildman–Crippen MR) is 90.2 cm³/mol. The first-order chi connectivity index (χ1) is 9.24. The number of nitrogens with one attached hydrogen (secondary N) is 1. The van der Waals surface area contributed by atoms with Crippen molar-refractivity contribution in [3.05, 3.63) is 28.0 Å². The summed E-state index contributed by atoms with van der Waals surface area (Å²) >= 11 is 4.95. The Morgan fingerprint density at radius 3 is 2.80 bits per heavy atom. The molecule has 1 heterocycles. The van der Waals surface area contributed by atoms with Crippen molar-refractivity contribution in [1.29, 1.82) is 0 Å². The normalized spacial score (nSPS) is 19.1. The minimum Gasteiger partial charge on any atom is -0.335 e. The zero-order valence-corrected chi connectivity index (χ0v) is 14.7. The molecule has 0 saturated carbocycles. The van der Waals surface area contributed by atoms with Gasteiger partial charge in [0.2, 0.25) is 0 Å². The molecule has 0 radical (unpaired) electrons. The maximum atomic E-state index is 13.6. The Morgan fingerprint density at radius 1 is 1.45 bits per heavy atom. The van der Waals surface area contributed by atoms with Crippen molar-refractivity contribution in [1.82, 2.24) is 0 Å². The first kappa shape index (κ1) is 15.8.